The lowest BCUT2D eigenvalue weighted by Gasteiger charge is -2.14. The molecule has 3 N–H and O–H groups in total. The molecule has 0 saturated heterocycles. The number of anilines is 1. The molecule has 0 unspecified atom stereocenters. The van der Waals surface area contributed by atoms with Crippen LogP contribution in [0.15, 0.2) is 12.1 Å². The van der Waals surface area contributed by atoms with Crippen LogP contribution < -0.4 is 10.6 Å². The molecule has 0 fully saturated rings. The van der Waals surface area contributed by atoms with E-state index in [1.54, 1.807) is 6.92 Å². The monoisotopic (exact) mass is 324 g/mol. The molecule has 0 radical (unpaired) electrons. The Morgan fingerprint density at radius 2 is 1.79 bits per heavy atom. The summed E-state index contributed by atoms with van der Waals surface area (Å²) < 4.78 is 0. The SMILES string of the molecule is CC[C@@H](NC(=O)Nc1c(Cl)cc(Cl)cc1Cl)C(=O)O. The van der Waals surface area contributed by atoms with Crippen molar-refractivity contribution >= 4 is 52.5 Å². The van der Waals surface area contributed by atoms with Gasteiger partial charge in [-0.05, 0) is 18.6 Å². The van der Waals surface area contributed by atoms with E-state index in [1.165, 1.54) is 12.1 Å². The summed E-state index contributed by atoms with van der Waals surface area (Å²) in [6.07, 6.45) is 0.255. The zero-order valence-corrected chi connectivity index (χ0v) is 12.1. The minimum atomic E-state index is -1.12. The first-order valence-electron chi connectivity index (χ1n) is 5.30. The van der Waals surface area contributed by atoms with Crippen molar-refractivity contribution in [2.75, 3.05) is 5.32 Å². The van der Waals surface area contributed by atoms with Gasteiger partial charge in [0.2, 0.25) is 0 Å². The van der Waals surface area contributed by atoms with Crippen LogP contribution >= 0.6 is 34.8 Å². The van der Waals surface area contributed by atoms with Crippen molar-refractivity contribution in [3.8, 4) is 0 Å². The molecule has 0 heterocycles. The van der Waals surface area contributed by atoms with E-state index in [-0.39, 0.29) is 22.2 Å². The molecule has 1 rings (SSSR count). The van der Waals surface area contributed by atoms with Crippen molar-refractivity contribution in [1.82, 2.24) is 5.32 Å². The molecule has 0 aliphatic carbocycles. The van der Waals surface area contributed by atoms with Crippen molar-refractivity contribution < 1.29 is 14.7 Å². The number of rotatable bonds is 4. The quantitative estimate of drug-likeness (QED) is 0.791. The lowest BCUT2D eigenvalue weighted by molar-refractivity contribution is -0.139. The fourth-order valence-corrected chi connectivity index (χ4v) is 2.22. The predicted octanol–water partition coefficient (Wildman–Crippen LogP) is 3.63. The van der Waals surface area contributed by atoms with Gasteiger partial charge < -0.3 is 15.7 Å². The number of hydrogen-bond donors (Lipinski definition) is 3. The van der Waals surface area contributed by atoms with Crippen molar-refractivity contribution in [1.29, 1.82) is 0 Å². The molecular weight excluding hydrogens is 314 g/mol. The standard InChI is InChI=1S/C11H11Cl3N2O3/c1-2-8(10(17)18)15-11(19)16-9-6(13)3-5(12)4-7(9)14/h3-4,8H,2H2,1H3,(H,17,18)(H2,15,16,19)/t8-/m1/s1. The third kappa shape index (κ3) is 4.45. The third-order valence-electron chi connectivity index (χ3n) is 2.26. The Bertz CT molecular complexity index is 485. The molecule has 0 spiro atoms. The molecule has 0 aliphatic heterocycles. The first kappa shape index (κ1) is 15.9. The minimum absolute atomic E-state index is 0.163. The summed E-state index contributed by atoms with van der Waals surface area (Å²) >= 11 is 17.5. The fourth-order valence-electron chi connectivity index (χ4n) is 1.31. The molecule has 0 bridgehead atoms. The lowest BCUT2D eigenvalue weighted by atomic mass is 10.2. The van der Waals surface area contributed by atoms with Crippen LogP contribution in [0, 0.1) is 0 Å². The zero-order chi connectivity index (χ0) is 14.6. The normalized spacial score (nSPS) is 11.8. The Kier molecular flexibility index (Phi) is 5.72. The first-order chi connectivity index (χ1) is 8.85. The molecule has 0 aromatic heterocycles. The van der Waals surface area contributed by atoms with Crippen molar-refractivity contribution in [2.45, 2.75) is 19.4 Å². The summed E-state index contributed by atoms with van der Waals surface area (Å²) in [5.74, 6) is -1.12. The number of carboxylic acids is 1. The van der Waals surface area contributed by atoms with Crippen LogP contribution in [0.2, 0.25) is 15.1 Å². The highest BCUT2D eigenvalue weighted by atomic mass is 35.5. The van der Waals surface area contributed by atoms with Gasteiger partial charge in [0.25, 0.3) is 0 Å². The summed E-state index contributed by atoms with van der Waals surface area (Å²) in [6, 6.07) is 1.14. The van der Waals surface area contributed by atoms with Crippen molar-refractivity contribution in [2.24, 2.45) is 0 Å². The second kappa shape index (κ2) is 6.84. The van der Waals surface area contributed by atoms with Crippen LogP contribution in [0.5, 0.6) is 0 Å². The number of urea groups is 1. The van der Waals surface area contributed by atoms with Gasteiger partial charge >= 0.3 is 12.0 Å². The second-order valence-electron chi connectivity index (χ2n) is 3.64. The molecule has 5 nitrogen and oxygen atoms in total. The number of aliphatic carboxylic acids is 1. The maximum absolute atomic E-state index is 11.6. The Morgan fingerprint density at radius 1 is 1.26 bits per heavy atom. The van der Waals surface area contributed by atoms with Crippen LogP contribution in [-0.4, -0.2) is 23.1 Å². The molecule has 0 aliphatic rings. The van der Waals surface area contributed by atoms with E-state index < -0.39 is 18.0 Å². The van der Waals surface area contributed by atoms with E-state index in [9.17, 15) is 9.59 Å². The highest BCUT2D eigenvalue weighted by Gasteiger charge is 2.18. The number of hydrogen-bond acceptors (Lipinski definition) is 2. The maximum Gasteiger partial charge on any atom is 0.326 e. The molecule has 1 atom stereocenters. The Morgan fingerprint density at radius 3 is 2.21 bits per heavy atom. The smallest absolute Gasteiger partial charge is 0.326 e. The highest BCUT2D eigenvalue weighted by Crippen LogP contribution is 2.33. The summed E-state index contributed by atoms with van der Waals surface area (Å²) in [5.41, 5.74) is 0.172. The van der Waals surface area contributed by atoms with Crippen LogP contribution in [0.4, 0.5) is 10.5 Å². The fraction of sp³-hybridized carbons (Fsp3) is 0.273. The van der Waals surface area contributed by atoms with Gasteiger partial charge in [0, 0.05) is 5.02 Å². The first-order valence-corrected chi connectivity index (χ1v) is 6.43. The molecule has 19 heavy (non-hydrogen) atoms. The highest BCUT2D eigenvalue weighted by molar-refractivity contribution is 6.42. The molecule has 8 heteroatoms. The summed E-state index contributed by atoms with van der Waals surface area (Å²) in [6.45, 7) is 1.64. The number of carbonyl (C=O) groups is 2. The van der Waals surface area contributed by atoms with Crippen LogP contribution in [0.3, 0.4) is 0 Å². The predicted molar refractivity (Wildman–Crippen MR) is 75.3 cm³/mol. The zero-order valence-electron chi connectivity index (χ0n) is 9.84. The number of halogens is 3. The number of carboxylic acid groups (broad SMARTS) is 1. The van der Waals surface area contributed by atoms with Gasteiger partial charge in [-0.25, -0.2) is 9.59 Å². The average Bonchev–Trinajstić information content (AvgIpc) is 2.30. The summed E-state index contributed by atoms with van der Waals surface area (Å²) in [4.78, 5) is 22.4. The molecule has 1 aromatic rings. The third-order valence-corrected chi connectivity index (χ3v) is 3.07. The summed E-state index contributed by atoms with van der Waals surface area (Å²) in [7, 11) is 0. The number of carbonyl (C=O) groups excluding carboxylic acids is 1. The molecule has 104 valence electrons. The van der Waals surface area contributed by atoms with E-state index in [1.807, 2.05) is 0 Å². The molecule has 0 saturated carbocycles. The molecular formula is C11H11Cl3N2O3. The van der Waals surface area contributed by atoms with E-state index in [0.29, 0.717) is 5.02 Å². The number of nitrogens with one attached hydrogen (secondary N) is 2. The van der Waals surface area contributed by atoms with E-state index in [4.69, 9.17) is 39.9 Å². The summed E-state index contributed by atoms with van der Waals surface area (Å²) in [5, 5.41) is 14.2. The van der Waals surface area contributed by atoms with E-state index in [0.717, 1.165) is 0 Å². The van der Waals surface area contributed by atoms with Crippen molar-refractivity contribution in [3.05, 3.63) is 27.2 Å². The molecule has 2 amide bonds. The van der Waals surface area contributed by atoms with Crippen LogP contribution in [-0.2, 0) is 4.79 Å². The minimum Gasteiger partial charge on any atom is -0.480 e. The van der Waals surface area contributed by atoms with Gasteiger partial charge in [0.15, 0.2) is 0 Å². The maximum atomic E-state index is 11.6. The van der Waals surface area contributed by atoms with E-state index >= 15 is 0 Å². The van der Waals surface area contributed by atoms with Crippen LogP contribution in [0.1, 0.15) is 13.3 Å². The van der Waals surface area contributed by atoms with E-state index in [2.05, 4.69) is 10.6 Å². The topological polar surface area (TPSA) is 78.4 Å². The van der Waals surface area contributed by atoms with Crippen molar-refractivity contribution in [3.63, 3.8) is 0 Å². The molecule has 1 aromatic carbocycles. The number of amides is 2. The van der Waals surface area contributed by atoms with Gasteiger partial charge in [0.1, 0.15) is 6.04 Å². The Balaban J connectivity index is 2.80. The van der Waals surface area contributed by atoms with Crippen LogP contribution in [0.25, 0.3) is 0 Å². The lowest BCUT2D eigenvalue weighted by Crippen LogP contribution is -2.42. The average molecular weight is 326 g/mol. The Labute approximate surface area is 124 Å². The second-order valence-corrected chi connectivity index (χ2v) is 4.89. The van der Waals surface area contributed by atoms with Gasteiger partial charge in [-0.1, -0.05) is 41.7 Å². The van der Waals surface area contributed by atoms with Gasteiger partial charge in [0.05, 0.1) is 15.7 Å². The number of benzene rings is 1. The van der Waals surface area contributed by atoms with Gasteiger partial charge in [-0.3, -0.25) is 0 Å². The van der Waals surface area contributed by atoms with Gasteiger partial charge in [-0.2, -0.15) is 0 Å². The van der Waals surface area contributed by atoms with Gasteiger partial charge in [-0.15, -0.1) is 0 Å². The largest absolute Gasteiger partial charge is 0.480 e. The Hall–Kier alpha value is -1.17.